The maximum absolute atomic E-state index is 12.7. The molecule has 1 aliphatic rings. The van der Waals surface area contributed by atoms with Gasteiger partial charge in [0.25, 0.3) is 5.91 Å². The molecule has 1 aromatic heterocycles. The molecule has 112 valence electrons. The second kappa shape index (κ2) is 5.49. The van der Waals surface area contributed by atoms with Crippen LogP contribution in [-0.4, -0.2) is 40.4 Å². The maximum Gasteiger partial charge on any atom is 0.416 e. The lowest BCUT2D eigenvalue weighted by atomic mass is 10.2. The van der Waals surface area contributed by atoms with Crippen LogP contribution in [0.4, 0.5) is 13.2 Å². The summed E-state index contributed by atoms with van der Waals surface area (Å²) in [5.74, 6) is 1.58. The second-order valence-corrected chi connectivity index (χ2v) is 6.86. The van der Waals surface area contributed by atoms with E-state index in [9.17, 15) is 18.0 Å². The van der Waals surface area contributed by atoms with Crippen LogP contribution < -0.4 is 0 Å². The Morgan fingerprint density at radius 3 is 2.62 bits per heavy atom. The van der Waals surface area contributed by atoms with E-state index in [1.807, 2.05) is 0 Å². The first-order chi connectivity index (χ1) is 9.95. The molecular weight excluding hydrogens is 321 g/mol. The molecule has 2 aromatic rings. The van der Waals surface area contributed by atoms with Gasteiger partial charge in [-0.1, -0.05) is 0 Å². The number of hydrogen-bond acceptors (Lipinski definition) is 4. The summed E-state index contributed by atoms with van der Waals surface area (Å²) in [5, 5.41) is 0.260. The fraction of sp³-hybridized carbons (Fsp3) is 0.385. The number of halogens is 3. The van der Waals surface area contributed by atoms with Crippen molar-refractivity contribution < 1.29 is 18.0 Å². The quantitative estimate of drug-likeness (QED) is 0.801. The molecular formula is C13H11F3N2OS2. The van der Waals surface area contributed by atoms with Gasteiger partial charge in [0.15, 0.2) is 5.01 Å². The molecule has 1 aliphatic heterocycles. The Kier molecular flexibility index (Phi) is 3.83. The van der Waals surface area contributed by atoms with Crippen molar-refractivity contribution in [3.8, 4) is 0 Å². The van der Waals surface area contributed by atoms with Crippen molar-refractivity contribution in [1.82, 2.24) is 9.88 Å². The standard InChI is InChI=1S/C13H11F3N2OS2/c14-13(15,16)8-1-2-10-9(7-8)17-11(21-10)12(19)18-3-5-20-6-4-18/h1-2,7H,3-6H2. The lowest BCUT2D eigenvalue weighted by Crippen LogP contribution is -2.37. The number of fused-ring (bicyclic) bond motifs is 1. The molecule has 0 spiro atoms. The van der Waals surface area contributed by atoms with Gasteiger partial charge >= 0.3 is 6.18 Å². The minimum absolute atomic E-state index is 0.190. The van der Waals surface area contributed by atoms with Crippen molar-refractivity contribution in [3.63, 3.8) is 0 Å². The number of amides is 1. The van der Waals surface area contributed by atoms with Gasteiger partial charge in [-0.25, -0.2) is 4.98 Å². The van der Waals surface area contributed by atoms with E-state index in [0.29, 0.717) is 17.8 Å². The van der Waals surface area contributed by atoms with Gasteiger partial charge in [-0.2, -0.15) is 24.9 Å². The topological polar surface area (TPSA) is 33.2 Å². The Morgan fingerprint density at radius 2 is 1.95 bits per heavy atom. The van der Waals surface area contributed by atoms with Crippen molar-refractivity contribution in [2.45, 2.75) is 6.18 Å². The summed E-state index contributed by atoms with van der Waals surface area (Å²) in [7, 11) is 0. The van der Waals surface area contributed by atoms with Gasteiger partial charge in [0.1, 0.15) is 0 Å². The monoisotopic (exact) mass is 332 g/mol. The molecule has 0 saturated carbocycles. The van der Waals surface area contributed by atoms with E-state index in [4.69, 9.17) is 0 Å². The minimum atomic E-state index is -4.40. The van der Waals surface area contributed by atoms with Crippen LogP contribution in [0.5, 0.6) is 0 Å². The van der Waals surface area contributed by atoms with Gasteiger partial charge in [0.05, 0.1) is 15.8 Å². The Balaban J connectivity index is 1.91. The molecule has 1 fully saturated rings. The van der Waals surface area contributed by atoms with E-state index in [2.05, 4.69) is 4.98 Å². The molecule has 0 radical (unpaired) electrons. The van der Waals surface area contributed by atoms with Crippen LogP contribution >= 0.6 is 23.1 Å². The molecule has 3 rings (SSSR count). The Labute approximate surface area is 127 Å². The molecule has 0 bridgehead atoms. The highest BCUT2D eigenvalue weighted by molar-refractivity contribution is 7.99. The normalized spacial score (nSPS) is 16.4. The second-order valence-electron chi connectivity index (χ2n) is 4.60. The Bertz CT molecular complexity index is 678. The third-order valence-electron chi connectivity index (χ3n) is 3.20. The average Bonchev–Trinajstić information content (AvgIpc) is 2.89. The first-order valence-corrected chi connectivity index (χ1v) is 8.27. The van der Waals surface area contributed by atoms with Gasteiger partial charge in [0, 0.05) is 24.6 Å². The fourth-order valence-corrected chi connectivity index (χ4v) is 3.91. The molecule has 3 nitrogen and oxygen atoms in total. The summed E-state index contributed by atoms with van der Waals surface area (Å²) in [6.45, 7) is 1.32. The molecule has 0 aliphatic carbocycles. The van der Waals surface area contributed by atoms with E-state index < -0.39 is 11.7 Å². The molecule has 1 saturated heterocycles. The number of alkyl halides is 3. The first-order valence-electron chi connectivity index (χ1n) is 6.30. The summed E-state index contributed by atoms with van der Waals surface area (Å²) in [6.07, 6.45) is -4.40. The number of hydrogen-bond donors (Lipinski definition) is 0. The number of thioether (sulfide) groups is 1. The molecule has 0 N–H and O–H groups in total. The zero-order valence-corrected chi connectivity index (χ0v) is 12.4. The van der Waals surface area contributed by atoms with E-state index >= 15 is 0 Å². The SMILES string of the molecule is O=C(c1nc2cc(C(F)(F)F)ccc2s1)N1CCSCC1. The van der Waals surface area contributed by atoms with Gasteiger partial charge in [0.2, 0.25) is 0 Å². The largest absolute Gasteiger partial charge is 0.416 e. The number of aromatic nitrogens is 1. The highest BCUT2D eigenvalue weighted by atomic mass is 32.2. The third-order valence-corrected chi connectivity index (χ3v) is 5.16. The van der Waals surface area contributed by atoms with Crippen LogP contribution in [0.25, 0.3) is 10.2 Å². The van der Waals surface area contributed by atoms with Crippen LogP contribution in [0, 0.1) is 0 Å². The number of benzene rings is 1. The molecule has 0 unspecified atom stereocenters. The highest BCUT2D eigenvalue weighted by Crippen LogP contribution is 2.33. The first kappa shape index (κ1) is 14.6. The van der Waals surface area contributed by atoms with Crippen LogP contribution in [0.2, 0.25) is 0 Å². The fourth-order valence-electron chi connectivity index (χ4n) is 2.10. The van der Waals surface area contributed by atoms with Crippen molar-refractivity contribution in [2.24, 2.45) is 0 Å². The number of nitrogens with zero attached hydrogens (tertiary/aromatic N) is 2. The summed E-state index contributed by atoms with van der Waals surface area (Å²) < 4.78 is 38.6. The number of carbonyl (C=O) groups is 1. The molecule has 1 amide bonds. The van der Waals surface area contributed by atoms with E-state index in [-0.39, 0.29) is 16.4 Å². The van der Waals surface area contributed by atoms with E-state index in [1.165, 1.54) is 6.07 Å². The highest BCUT2D eigenvalue weighted by Gasteiger charge is 2.31. The summed E-state index contributed by atoms with van der Waals surface area (Å²) >= 11 is 2.93. The van der Waals surface area contributed by atoms with Crippen molar-refractivity contribution in [1.29, 1.82) is 0 Å². The predicted octanol–water partition coefficient (Wildman–Crippen LogP) is 3.50. The van der Waals surface area contributed by atoms with Crippen LogP contribution in [-0.2, 0) is 6.18 Å². The zero-order valence-electron chi connectivity index (χ0n) is 10.8. The van der Waals surface area contributed by atoms with Crippen molar-refractivity contribution in [2.75, 3.05) is 24.6 Å². The molecule has 2 heterocycles. The average molecular weight is 332 g/mol. The molecule has 0 atom stereocenters. The summed E-state index contributed by atoms with van der Waals surface area (Å²) in [4.78, 5) is 18.1. The molecule has 21 heavy (non-hydrogen) atoms. The van der Waals surface area contributed by atoms with Crippen molar-refractivity contribution in [3.05, 3.63) is 28.8 Å². The predicted molar refractivity (Wildman–Crippen MR) is 77.9 cm³/mol. The number of carbonyl (C=O) groups excluding carboxylic acids is 1. The summed E-state index contributed by atoms with van der Waals surface area (Å²) in [6, 6.07) is 3.39. The van der Waals surface area contributed by atoms with Crippen LogP contribution in [0.15, 0.2) is 18.2 Å². The minimum Gasteiger partial charge on any atom is -0.335 e. The Hall–Kier alpha value is -1.28. The van der Waals surface area contributed by atoms with Gasteiger partial charge in [-0.3, -0.25) is 4.79 Å². The number of rotatable bonds is 1. The molecule has 8 heteroatoms. The van der Waals surface area contributed by atoms with Crippen LogP contribution in [0.1, 0.15) is 15.4 Å². The zero-order chi connectivity index (χ0) is 15.0. The smallest absolute Gasteiger partial charge is 0.335 e. The van der Waals surface area contributed by atoms with E-state index in [0.717, 1.165) is 35.0 Å². The lowest BCUT2D eigenvalue weighted by molar-refractivity contribution is -0.137. The molecule has 1 aromatic carbocycles. The maximum atomic E-state index is 12.7. The third kappa shape index (κ3) is 3.01. The van der Waals surface area contributed by atoms with Crippen LogP contribution in [0.3, 0.4) is 0 Å². The van der Waals surface area contributed by atoms with Crippen molar-refractivity contribution >= 4 is 39.2 Å². The lowest BCUT2D eigenvalue weighted by Gasteiger charge is -2.25. The van der Waals surface area contributed by atoms with Gasteiger partial charge in [-0.05, 0) is 18.2 Å². The van der Waals surface area contributed by atoms with E-state index in [1.54, 1.807) is 16.7 Å². The van der Waals surface area contributed by atoms with Gasteiger partial charge in [-0.15, -0.1) is 11.3 Å². The Morgan fingerprint density at radius 1 is 1.24 bits per heavy atom. The summed E-state index contributed by atoms with van der Waals surface area (Å²) in [5.41, 5.74) is -0.516. The number of thiazole rings is 1. The van der Waals surface area contributed by atoms with Gasteiger partial charge < -0.3 is 4.90 Å².